The van der Waals surface area contributed by atoms with Gasteiger partial charge >= 0.3 is 6.09 Å². The molecule has 0 aromatic rings. The van der Waals surface area contributed by atoms with Gasteiger partial charge in [-0.25, -0.2) is 4.79 Å². The standard InChI is InChI=1S/C6H12N2O3/c9-4-5-3-8(6(10)11)2-1-7-5/h5,7,9H,1-4H2,(H,10,11)/i4D2. The second-order valence-corrected chi connectivity index (χ2v) is 2.36. The van der Waals surface area contributed by atoms with E-state index in [9.17, 15) is 4.79 Å². The first-order valence-corrected chi connectivity index (χ1v) is 3.35. The van der Waals surface area contributed by atoms with Crippen molar-refractivity contribution in [2.45, 2.75) is 6.04 Å². The van der Waals surface area contributed by atoms with E-state index >= 15 is 0 Å². The van der Waals surface area contributed by atoms with Crippen LogP contribution in [0.3, 0.4) is 0 Å². The molecule has 5 nitrogen and oxygen atoms in total. The molecular formula is C6H12N2O3. The van der Waals surface area contributed by atoms with Gasteiger partial charge in [0.2, 0.25) is 0 Å². The summed E-state index contributed by atoms with van der Waals surface area (Å²) in [4.78, 5) is 11.6. The average molecular weight is 162 g/mol. The van der Waals surface area contributed by atoms with Gasteiger partial charge in [-0.15, -0.1) is 0 Å². The Morgan fingerprint density at radius 3 is 3.18 bits per heavy atom. The summed E-state index contributed by atoms with van der Waals surface area (Å²) >= 11 is 0. The molecule has 1 aliphatic rings. The fourth-order valence-corrected chi connectivity index (χ4v) is 1.01. The largest absolute Gasteiger partial charge is 0.465 e. The Morgan fingerprint density at radius 2 is 2.64 bits per heavy atom. The van der Waals surface area contributed by atoms with Gasteiger partial charge in [0.15, 0.2) is 0 Å². The van der Waals surface area contributed by atoms with Crippen LogP contribution in [0.1, 0.15) is 2.74 Å². The van der Waals surface area contributed by atoms with Crippen LogP contribution in [0, 0.1) is 0 Å². The van der Waals surface area contributed by atoms with Crippen molar-refractivity contribution < 1.29 is 17.7 Å². The Hall–Kier alpha value is -0.810. The van der Waals surface area contributed by atoms with Crippen molar-refractivity contribution in [2.75, 3.05) is 26.2 Å². The first-order chi connectivity index (χ1) is 5.91. The van der Waals surface area contributed by atoms with E-state index in [4.69, 9.17) is 13.0 Å². The maximum Gasteiger partial charge on any atom is 0.407 e. The zero-order valence-electron chi connectivity index (χ0n) is 7.95. The monoisotopic (exact) mass is 162 g/mol. The van der Waals surface area contributed by atoms with E-state index < -0.39 is 18.7 Å². The fraction of sp³-hybridized carbons (Fsp3) is 0.833. The van der Waals surface area contributed by atoms with Crippen molar-refractivity contribution >= 4 is 6.09 Å². The highest BCUT2D eigenvalue weighted by molar-refractivity contribution is 5.65. The van der Waals surface area contributed by atoms with Crippen LogP contribution in [0.4, 0.5) is 4.79 Å². The quantitative estimate of drug-likeness (QED) is 0.459. The lowest BCUT2D eigenvalue weighted by Crippen LogP contribution is -2.53. The molecule has 1 atom stereocenters. The van der Waals surface area contributed by atoms with E-state index in [2.05, 4.69) is 5.32 Å². The Morgan fingerprint density at radius 1 is 1.91 bits per heavy atom. The van der Waals surface area contributed by atoms with Gasteiger partial charge in [0.1, 0.15) is 0 Å². The molecule has 1 aliphatic heterocycles. The molecule has 0 aromatic carbocycles. The first-order valence-electron chi connectivity index (χ1n) is 4.35. The molecule has 3 N–H and O–H groups in total. The average Bonchev–Trinajstić information content (AvgIpc) is 2.03. The molecule has 1 rings (SSSR count). The lowest BCUT2D eigenvalue weighted by molar-refractivity contribution is 0.115. The van der Waals surface area contributed by atoms with Gasteiger partial charge in [-0.3, -0.25) is 0 Å². The predicted molar refractivity (Wildman–Crippen MR) is 38.5 cm³/mol. The van der Waals surface area contributed by atoms with Crippen molar-refractivity contribution in [1.29, 1.82) is 0 Å². The molecule has 1 saturated heterocycles. The third-order valence-electron chi connectivity index (χ3n) is 1.60. The molecule has 64 valence electrons. The topological polar surface area (TPSA) is 72.8 Å². The third-order valence-corrected chi connectivity index (χ3v) is 1.60. The Labute approximate surface area is 67.4 Å². The van der Waals surface area contributed by atoms with Crippen molar-refractivity contribution in [1.82, 2.24) is 10.2 Å². The minimum atomic E-state index is -2.38. The Balaban J connectivity index is 2.57. The summed E-state index contributed by atoms with van der Waals surface area (Å²) in [7, 11) is 0. The lowest BCUT2D eigenvalue weighted by atomic mass is 10.2. The number of nitrogens with one attached hydrogen (secondary N) is 1. The molecule has 11 heavy (non-hydrogen) atoms. The molecular weight excluding hydrogens is 148 g/mol. The van der Waals surface area contributed by atoms with Crippen LogP contribution in [-0.4, -0.2) is 53.4 Å². The number of hydrogen-bond donors (Lipinski definition) is 3. The lowest BCUT2D eigenvalue weighted by Gasteiger charge is -2.30. The van der Waals surface area contributed by atoms with Crippen LogP contribution in [0.2, 0.25) is 0 Å². The van der Waals surface area contributed by atoms with Crippen LogP contribution in [-0.2, 0) is 0 Å². The molecule has 1 unspecified atom stereocenters. The van der Waals surface area contributed by atoms with Crippen molar-refractivity contribution in [3.63, 3.8) is 0 Å². The minimum Gasteiger partial charge on any atom is -0.465 e. The summed E-state index contributed by atoms with van der Waals surface area (Å²) in [5.41, 5.74) is 0. The molecule has 1 fully saturated rings. The third kappa shape index (κ3) is 2.06. The zero-order chi connectivity index (χ0) is 10.1. The van der Waals surface area contributed by atoms with E-state index in [1.807, 2.05) is 0 Å². The molecule has 5 heteroatoms. The summed E-state index contributed by atoms with van der Waals surface area (Å²) in [5.74, 6) is 0. The number of carboxylic acid groups (broad SMARTS) is 1. The van der Waals surface area contributed by atoms with E-state index in [0.717, 1.165) is 4.90 Å². The van der Waals surface area contributed by atoms with Gasteiger partial charge in [0.25, 0.3) is 0 Å². The maximum atomic E-state index is 10.5. The predicted octanol–water partition coefficient (Wildman–Crippen LogP) is -1.07. The second-order valence-electron chi connectivity index (χ2n) is 2.36. The number of nitrogens with zero attached hydrogens (tertiary/aromatic N) is 1. The summed E-state index contributed by atoms with van der Waals surface area (Å²) in [6, 6.07) is -0.850. The summed E-state index contributed by atoms with van der Waals surface area (Å²) in [5, 5.41) is 20.3. The van der Waals surface area contributed by atoms with Gasteiger partial charge in [-0.2, -0.15) is 0 Å². The molecule has 0 radical (unpaired) electrons. The van der Waals surface area contributed by atoms with E-state index in [1.54, 1.807) is 0 Å². The molecule has 0 spiro atoms. The first kappa shape index (κ1) is 5.79. The number of rotatable bonds is 1. The smallest absolute Gasteiger partial charge is 0.407 e. The molecule has 0 aliphatic carbocycles. The van der Waals surface area contributed by atoms with Crippen LogP contribution in [0.15, 0.2) is 0 Å². The summed E-state index contributed by atoms with van der Waals surface area (Å²) in [6.07, 6.45) is -1.09. The highest BCUT2D eigenvalue weighted by atomic mass is 16.4. The van der Waals surface area contributed by atoms with Crippen molar-refractivity contribution in [3.8, 4) is 0 Å². The summed E-state index contributed by atoms with van der Waals surface area (Å²) in [6.45, 7) is -1.73. The highest BCUT2D eigenvalue weighted by Crippen LogP contribution is 1.97. The molecule has 1 amide bonds. The van der Waals surface area contributed by atoms with Gasteiger partial charge in [-0.1, -0.05) is 0 Å². The SMILES string of the molecule is [2H]C([2H])(O)C1CN(C(=O)O)CCN1. The Bertz CT molecular complexity index is 207. The second kappa shape index (κ2) is 3.54. The fourth-order valence-electron chi connectivity index (χ4n) is 1.01. The molecule has 0 aromatic heterocycles. The van der Waals surface area contributed by atoms with Gasteiger partial charge in [0.05, 0.1) is 9.30 Å². The van der Waals surface area contributed by atoms with Crippen LogP contribution >= 0.6 is 0 Å². The number of amides is 1. The van der Waals surface area contributed by atoms with E-state index in [-0.39, 0.29) is 6.54 Å². The summed E-state index contributed by atoms with van der Waals surface area (Å²) < 4.78 is 14.0. The van der Waals surface area contributed by atoms with Crippen molar-refractivity contribution in [2.24, 2.45) is 0 Å². The molecule has 0 bridgehead atoms. The number of piperazine rings is 1. The van der Waals surface area contributed by atoms with Crippen LogP contribution in [0.25, 0.3) is 0 Å². The highest BCUT2D eigenvalue weighted by Gasteiger charge is 2.21. The normalized spacial score (nSPS) is 29.2. The van der Waals surface area contributed by atoms with Crippen molar-refractivity contribution in [3.05, 3.63) is 0 Å². The van der Waals surface area contributed by atoms with E-state index in [0.29, 0.717) is 13.1 Å². The number of hydrogen-bond acceptors (Lipinski definition) is 3. The van der Waals surface area contributed by atoms with Gasteiger partial charge in [-0.05, 0) is 0 Å². The van der Waals surface area contributed by atoms with Gasteiger partial charge in [0, 0.05) is 25.7 Å². The molecule has 1 heterocycles. The minimum absolute atomic E-state index is 0.0289. The number of aliphatic hydroxyl groups is 1. The maximum absolute atomic E-state index is 10.5. The zero-order valence-corrected chi connectivity index (χ0v) is 5.95. The van der Waals surface area contributed by atoms with E-state index in [1.165, 1.54) is 0 Å². The van der Waals surface area contributed by atoms with Crippen LogP contribution < -0.4 is 5.32 Å². The number of carbonyl (C=O) groups is 1. The Kier molecular flexibility index (Phi) is 1.87. The van der Waals surface area contributed by atoms with Crippen LogP contribution in [0.5, 0.6) is 0 Å². The van der Waals surface area contributed by atoms with Gasteiger partial charge < -0.3 is 20.4 Å². The molecule has 0 saturated carbocycles.